The van der Waals surface area contributed by atoms with Crippen LogP contribution >= 0.6 is 0 Å². The predicted molar refractivity (Wildman–Crippen MR) is 148 cm³/mol. The van der Waals surface area contributed by atoms with Crippen LogP contribution in [-0.2, 0) is 0 Å². The van der Waals surface area contributed by atoms with Gasteiger partial charge in [-0.1, -0.05) is 56.5 Å². The second-order valence-corrected chi connectivity index (χ2v) is 10.4. The zero-order valence-corrected chi connectivity index (χ0v) is 22.1. The average Bonchev–Trinajstić information content (AvgIpc) is 2.86. The van der Waals surface area contributed by atoms with Crippen LogP contribution in [0.3, 0.4) is 0 Å². The number of fused-ring (bicyclic) bond motifs is 5. The summed E-state index contributed by atoms with van der Waals surface area (Å²) in [6.07, 6.45) is 6.80. The van der Waals surface area contributed by atoms with Gasteiger partial charge in [0.15, 0.2) is 6.10 Å². The summed E-state index contributed by atoms with van der Waals surface area (Å²) in [6.45, 7) is 9.57. The van der Waals surface area contributed by atoms with Gasteiger partial charge < -0.3 is 19.5 Å². The highest BCUT2D eigenvalue weighted by Gasteiger charge is 2.35. The van der Waals surface area contributed by atoms with Crippen LogP contribution in [0.25, 0.3) is 16.7 Å². The fraction of sp³-hybridized carbons (Fsp3) is 0.375. The van der Waals surface area contributed by atoms with Gasteiger partial charge in [-0.05, 0) is 68.7 Å². The Hall–Kier alpha value is -3.40. The molecule has 4 heteroatoms. The molecule has 4 nitrogen and oxygen atoms in total. The van der Waals surface area contributed by atoms with Crippen molar-refractivity contribution in [2.45, 2.75) is 65.0 Å². The summed E-state index contributed by atoms with van der Waals surface area (Å²) in [6, 6.07) is 18.8. The van der Waals surface area contributed by atoms with Crippen LogP contribution < -0.4 is 19.5 Å². The van der Waals surface area contributed by atoms with E-state index in [9.17, 15) is 0 Å². The number of nitrogens with one attached hydrogen (secondary N) is 1. The number of hydrogen-bond donors (Lipinski definition) is 1. The van der Waals surface area contributed by atoms with Gasteiger partial charge in [-0.25, -0.2) is 0 Å². The molecule has 1 atom stereocenters. The maximum atomic E-state index is 6.78. The molecule has 1 N–H and O–H groups in total. The van der Waals surface area contributed by atoms with E-state index >= 15 is 0 Å². The summed E-state index contributed by atoms with van der Waals surface area (Å²) in [5.74, 6) is 2.55. The van der Waals surface area contributed by atoms with Crippen molar-refractivity contribution in [3.63, 3.8) is 0 Å². The van der Waals surface area contributed by atoms with Crippen molar-refractivity contribution >= 4 is 11.3 Å². The summed E-state index contributed by atoms with van der Waals surface area (Å²) >= 11 is 0. The fourth-order valence-electron chi connectivity index (χ4n) is 5.59. The van der Waals surface area contributed by atoms with Crippen LogP contribution in [0, 0.1) is 0 Å². The molecule has 0 amide bonds. The average molecular weight is 484 g/mol. The highest BCUT2D eigenvalue weighted by molar-refractivity contribution is 5.91. The van der Waals surface area contributed by atoms with Gasteiger partial charge in [-0.3, -0.25) is 0 Å². The molecular formula is C32H37NO3. The molecule has 0 saturated heterocycles. The van der Waals surface area contributed by atoms with Gasteiger partial charge in [-0.15, -0.1) is 0 Å². The van der Waals surface area contributed by atoms with Crippen LogP contribution in [0.4, 0.5) is 5.69 Å². The molecule has 0 aromatic heterocycles. The van der Waals surface area contributed by atoms with E-state index in [1.165, 1.54) is 36.0 Å². The molecule has 36 heavy (non-hydrogen) atoms. The smallest absolute Gasteiger partial charge is 0.150 e. The van der Waals surface area contributed by atoms with Crippen LogP contribution in [0.5, 0.6) is 17.2 Å². The Morgan fingerprint density at radius 1 is 0.972 bits per heavy atom. The summed E-state index contributed by atoms with van der Waals surface area (Å²) in [5, 5.41) is 3.71. The Morgan fingerprint density at radius 2 is 1.81 bits per heavy atom. The first-order valence-electron chi connectivity index (χ1n) is 13.1. The maximum absolute atomic E-state index is 6.78. The summed E-state index contributed by atoms with van der Waals surface area (Å²) in [4.78, 5) is 0. The van der Waals surface area contributed by atoms with Crippen molar-refractivity contribution in [1.82, 2.24) is 0 Å². The molecule has 2 aliphatic heterocycles. The third-order valence-corrected chi connectivity index (χ3v) is 7.09. The molecule has 1 unspecified atom stereocenters. The topological polar surface area (TPSA) is 39.7 Å². The van der Waals surface area contributed by atoms with Gasteiger partial charge in [0.1, 0.15) is 17.2 Å². The first-order valence-corrected chi connectivity index (χ1v) is 13.1. The predicted octanol–water partition coefficient (Wildman–Crippen LogP) is 8.41. The van der Waals surface area contributed by atoms with E-state index in [0.717, 1.165) is 52.7 Å². The van der Waals surface area contributed by atoms with E-state index in [-0.39, 0.29) is 11.6 Å². The van der Waals surface area contributed by atoms with Crippen LogP contribution in [0.15, 0.2) is 60.7 Å². The van der Waals surface area contributed by atoms with Gasteiger partial charge in [0.2, 0.25) is 0 Å². The number of benzene rings is 3. The Morgan fingerprint density at radius 3 is 2.61 bits per heavy atom. The van der Waals surface area contributed by atoms with Crippen molar-refractivity contribution in [2.75, 3.05) is 19.0 Å². The number of ether oxygens (including phenoxy) is 3. The SMILES string of the molecule is CCCCCCOc1cccc(C2Oc3cccc(OC)c3-c3ccc4c(c32)C(C)=CC(C)(C)N4)c1. The number of hydrogen-bond acceptors (Lipinski definition) is 4. The van der Waals surface area contributed by atoms with Gasteiger partial charge in [0.05, 0.1) is 24.8 Å². The fourth-order valence-corrected chi connectivity index (χ4v) is 5.59. The van der Waals surface area contributed by atoms with Crippen LogP contribution in [0.1, 0.15) is 76.2 Å². The Labute approximate surface area is 215 Å². The normalized spacial score (nSPS) is 17.0. The lowest BCUT2D eigenvalue weighted by atomic mass is 9.80. The van der Waals surface area contributed by atoms with E-state index in [1.807, 2.05) is 24.3 Å². The number of rotatable bonds is 8. The highest BCUT2D eigenvalue weighted by atomic mass is 16.5. The molecule has 5 rings (SSSR count). The van der Waals surface area contributed by atoms with Gasteiger partial charge in [-0.2, -0.15) is 0 Å². The monoisotopic (exact) mass is 483 g/mol. The Kier molecular flexibility index (Phi) is 6.70. The summed E-state index contributed by atoms with van der Waals surface area (Å²) < 4.78 is 18.7. The van der Waals surface area contributed by atoms with E-state index in [0.29, 0.717) is 0 Å². The van der Waals surface area contributed by atoms with E-state index in [2.05, 4.69) is 69.4 Å². The molecule has 0 fully saturated rings. The van der Waals surface area contributed by atoms with E-state index in [4.69, 9.17) is 14.2 Å². The van der Waals surface area contributed by atoms with Crippen molar-refractivity contribution in [1.29, 1.82) is 0 Å². The lowest BCUT2D eigenvalue weighted by molar-refractivity contribution is 0.240. The van der Waals surface area contributed by atoms with E-state index in [1.54, 1.807) is 7.11 Å². The molecule has 2 aliphatic rings. The number of anilines is 1. The minimum Gasteiger partial charge on any atom is -0.496 e. The van der Waals surface area contributed by atoms with Crippen molar-refractivity contribution in [3.05, 3.63) is 77.4 Å². The van der Waals surface area contributed by atoms with Gasteiger partial charge >= 0.3 is 0 Å². The van der Waals surface area contributed by atoms with Crippen LogP contribution in [-0.4, -0.2) is 19.3 Å². The largest absolute Gasteiger partial charge is 0.496 e. The molecule has 3 aromatic carbocycles. The number of allylic oxidation sites excluding steroid dienone is 1. The third kappa shape index (κ3) is 4.57. The molecule has 2 heterocycles. The van der Waals surface area contributed by atoms with Crippen molar-refractivity contribution in [3.8, 4) is 28.4 Å². The van der Waals surface area contributed by atoms with E-state index < -0.39 is 0 Å². The summed E-state index contributed by atoms with van der Waals surface area (Å²) in [5.41, 5.74) is 7.89. The molecule has 3 aromatic rings. The minimum absolute atomic E-state index is 0.114. The lowest BCUT2D eigenvalue weighted by Gasteiger charge is -2.37. The Bertz CT molecular complexity index is 1290. The maximum Gasteiger partial charge on any atom is 0.150 e. The first kappa shape index (κ1) is 24.3. The highest BCUT2D eigenvalue weighted by Crippen LogP contribution is 2.53. The second-order valence-electron chi connectivity index (χ2n) is 10.4. The number of methoxy groups -OCH3 is 1. The quantitative estimate of drug-likeness (QED) is 0.327. The molecule has 188 valence electrons. The van der Waals surface area contributed by atoms with Crippen molar-refractivity contribution < 1.29 is 14.2 Å². The molecule has 0 aliphatic carbocycles. The van der Waals surface area contributed by atoms with Gasteiger partial charge in [0.25, 0.3) is 0 Å². The molecule has 0 radical (unpaired) electrons. The first-order chi connectivity index (χ1) is 17.4. The second kappa shape index (κ2) is 9.93. The zero-order chi connectivity index (χ0) is 25.3. The summed E-state index contributed by atoms with van der Waals surface area (Å²) in [7, 11) is 1.72. The minimum atomic E-state index is -0.260. The van der Waals surface area contributed by atoms with Crippen LogP contribution in [0.2, 0.25) is 0 Å². The molecule has 0 saturated carbocycles. The molecule has 0 spiro atoms. The molecule has 0 bridgehead atoms. The molecular weight excluding hydrogens is 446 g/mol. The van der Waals surface area contributed by atoms with Gasteiger partial charge in [0, 0.05) is 22.4 Å². The lowest BCUT2D eigenvalue weighted by Crippen LogP contribution is -2.32. The number of unbranched alkanes of at least 4 members (excludes halogenated alkanes) is 3. The zero-order valence-electron chi connectivity index (χ0n) is 22.1. The standard InChI is InChI=1S/C32H37NO3/c1-6-7-8-9-18-35-23-13-10-12-22(19-23)31-30-24(29-26(34-5)14-11-15-27(29)36-31)16-17-25-28(30)21(2)20-32(3,4)33-25/h10-17,19-20,31,33H,6-9,18H2,1-5H3. The van der Waals surface area contributed by atoms with Crippen molar-refractivity contribution in [2.24, 2.45) is 0 Å². The third-order valence-electron chi connectivity index (χ3n) is 7.09. The Balaban J connectivity index is 1.61.